The summed E-state index contributed by atoms with van der Waals surface area (Å²) in [4.78, 5) is 22.3. The molecule has 0 bridgehead atoms. The van der Waals surface area contributed by atoms with Crippen molar-refractivity contribution in [2.24, 2.45) is 5.92 Å². The second-order valence-corrected chi connectivity index (χ2v) is 5.34. The summed E-state index contributed by atoms with van der Waals surface area (Å²) >= 11 is 0. The Morgan fingerprint density at radius 1 is 1.36 bits per heavy atom. The fourth-order valence-electron chi connectivity index (χ4n) is 1.88. The zero-order valence-electron chi connectivity index (χ0n) is 15.7. The molecule has 6 nitrogen and oxygen atoms in total. The van der Waals surface area contributed by atoms with Gasteiger partial charge in [0, 0.05) is 18.5 Å². The molecule has 0 aliphatic carbocycles. The van der Waals surface area contributed by atoms with Gasteiger partial charge >= 0.3 is 0 Å². The first-order valence-electron chi connectivity index (χ1n) is 8.47. The summed E-state index contributed by atoms with van der Waals surface area (Å²) in [5, 5.41) is 14.0. The molecular weight excluding hydrogens is 320 g/mol. The smallest absolute Gasteiger partial charge is 0.275 e. The fraction of sp³-hybridized carbons (Fsp3) is 0.526. The minimum Gasteiger partial charge on any atom is -0.364 e. The fourth-order valence-corrected chi connectivity index (χ4v) is 1.88. The number of nitrogens with one attached hydrogen (secondary N) is 1. The van der Waals surface area contributed by atoms with Crippen LogP contribution in [0.4, 0.5) is 5.69 Å². The van der Waals surface area contributed by atoms with E-state index in [1.807, 2.05) is 33.8 Å². The van der Waals surface area contributed by atoms with Gasteiger partial charge in [0.15, 0.2) is 0 Å². The zero-order valence-corrected chi connectivity index (χ0v) is 15.7. The van der Waals surface area contributed by atoms with E-state index in [9.17, 15) is 14.9 Å². The maximum Gasteiger partial charge on any atom is 0.275 e. The monoisotopic (exact) mass is 348 g/mol. The average Bonchev–Trinajstić information content (AvgIpc) is 2.60. The molecular formula is C19H28N2O4. The van der Waals surface area contributed by atoms with Gasteiger partial charge in [0.1, 0.15) is 6.61 Å². The SMILES string of the molecule is CC.CC#CCOCc1ccc(CCNC(=O)C(C)C)cc1[N+](=O)[O-]. The molecule has 0 fully saturated rings. The van der Waals surface area contributed by atoms with E-state index in [-0.39, 0.29) is 30.7 Å². The van der Waals surface area contributed by atoms with E-state index >= 15 is 0 Å². The minimum absolute atomic E-state index is 0.0263. The Balaban J connectivity index is 0.00000277. The normalized spacial score (nSPS) is 9.52. The van der Waals surface area contributed by atoms with Crippen molar-refractivity contribution in [1.82, 2.24) is 5.32 Å². The molecule has 0 aliphatic heterocycles. The molecule has 1 amide bonds. The van der Waals surface area contributed by atoms with Crippen molar-refractivity contribution in [3.05, 3.63) is 39.4 Å². The lowest BCUT2D eigenvalue weighted by atomic mass is 10.1. The number of nitrogens with zero attached hydrogens (tertiary/aromatic N) is 1. The Morgan fingerprint density at radius 2 is 2.04 bits per heavy atom. The summed E-state index contributed by atoms with van der Waals surface area (Å²) < 4.78 is 5.29. The van der Waals surface area contributed by atoms with Crippen LogP contribution in [0.3, 0.4) is 0 Å². The highest BCUT2D eigenvalue weighted by molar-refractivity contribution is 5.77. The van der Waals surface area contributed by atoms with Crippen LogP contribution in [0, 0.1) is 27.9 Å². The number of ether oxygens (including phenoxy) is 1. The third-order valence-corrected chi connectivity index (χ3v) is 3.19. The van der Waals surface area contributed by atoms with E-state index in [1.54, 1.807) is 13.0 Å². The van der Waals surface area contributed by atoms with Crippen LogP contribution in [0.15, 0.2) is 18.2 Å². The number of carbonyl (C=O) groups is 1. The van der Waals surface area contributed by atoms with Gasteiger partial charge in [-0.3, -0.25) is 14.9 Å². The largest absolute Gasteiger partial charge is 0.364 e. The Bertz CT molecular complexity index is 616. The van der Waals surface area contributed by atoms with Gasteiger partial charge in [0.05, 0.1) is 17.1 Å². The highest BCUT2D eigenvalue weighted by Crippen LogP contribution is 2.21. The Hall–Kier alpha value is -2.39. The van der Waals surface area contributed by atoms with Crippen molar-refractivity contribution in [2.45, 2.75) is 47.6 Å². The number of carbonyl (C=O) groups excluding carboxylic acids is 1. The molecule has 0 radical (unpaired) electrons. The molecule has 0 heterocycles. The lowest BCUT2D eigenvalue weighted by Crippen LogP contribution is -2.29. The second-order valence-electron chi connectivity index (χ2n) is 5.34. The molecule has 0 spiro atoms. The zero-order chi connectivity index (χ0) is 19.2. The number of amides is 1. The lowest BCUT2D eigenvalue weighted by Gasteiger charge is -2.09. The van der Waals surface area contributed by atoms with Crippen LogP contribution in [-0.2, 0) is 22.6 Å². The summed E-state index contributed by atoms with van der Waals surface area (Å²) in [6.45, 7) is 10.2. The van der Waals surface area contributed by atoms with Crippen molar-refractivity contribution in [1.29, 1.82) is 0 Å². The maximum absolute atomic E-state index is 11.5. The van der Waals surface area contributed by atoms with Crippen molar-refractivity contribution in [3.8, 4) is 11.8 Å². The topological polar surface area (TPSA) is 81.5 Å². The molecule has 1 aromatic rings. The molecule has 0 unspecified atom stereocenters. The van der Waals surface area contributed by atoms with Crippen molar-refractivity contribution < 1.29 is 14.5 Å². The number of nitro benzene ring substituents is 1. The van der Waals surface area contributed by atoms with Gasteiger partial charge in [-0.1, -0.05) is 39.7 Å². The number of nitro groups is 1. The first-order chi connectivity index (χ1) is 12.0. The molecule has 6 heteroatoms. The molecule has 1 aromatic carbocycles. The first-order valence-corrected chi connectivity index (χ1v) is 8.47. The van der Waals surface area contributed by atoms with E-state index in [0.29, 0.717) is 18.5 Å². The predicted octanol–water partition coefficient (Wildman–Crippen LogP) is 3.48. The summed E-state index contributed by atoms with van der Waals surface area (Å²) in [6, 6.07) is 5.04. The third-order valence-electron chi connectivity index (χ3n) is 3.19. The highest BCUT2D eigenvalue weighted by Gasteiger charge is 2.15. The summed E-state index contributed by atoms with van der Waals surface area (Å²) in [7, 11) is 0. The van der Waals surface area contributed by atoms with Crippen LogP contribution in [-0.4, -0.2) is 24.0 Å². The van der Waals surface area contributed by atoms with Gasteiger partial charge < -0.3 is 10.1 Å². The van der Waals surface area contributed by atoms with Crippen LogP contribution in [0.25, 0.3) is 0 Å². The molecule has 0 saturated carbocycles. The molecule has 0 saturated heterocycles. The van der Waals surface area contributed by atoms with E-state index in [1.165, 1.54) is 6.07 Å². The molecule has 1 rings (SSSR count). The van der Waals surface area contributed by atoms with Gasteiger partial charge in [-0.05, 0) is 25.0 Å². The van der Waals surface area contributed by atoms with Crippen LogP contribution in [0.5, 0.6) is 0 Å². The number of rotatable bonds is 8. The molecule has 1 N–H and O–H groups in total. The van der Waals surface area contributed by atoms with Crippen molar-refractivity contribution in [2.75, 3.05) is 13.2 Å². The Morgan fingerprint density at radius 3 is 2.60 bits per heavy atom. The molecule has 0 aliphatic rings. The van der Waals surface area contributed by atoms with E-state index < -0.39 is 4.92 Å². The van der Waals surface area contributed by atoms with Gasteiger partial charge in [0.2, 0.25) is 5.91 Å². The molecule has 25 heavy (non-hydrogen) atoms. The lowest BCUT2D eigenvalue weighted by molar-refractivity contribution is -0.386. The number of benzene rings is 1. The van der Waals surface area contributed by atoms with E-state index in [2.05, 4.69) is 17.2 Å². The summed E-state index contributed by atoms with van der Waals surface area (Å²) in [5.41, 5.74) is 1.35. The van der Waals surface area contributed by atoms with Crippen molar-refractivity contribution in [3.63, 3.8) is 0 Å². The minimum atomic E-state index is -0.416. The Labute approximate surface area is 150 Å². The first kappa shape index (κ1) is 22.6. The van der Waals surface area contributed by atoms with Crippen LogP contribution < -0.4 is 5.32 Å². The van der Waals surface area contributed by atoms with Gasteiger partial charge in [-0.25, -0.2) is 0 Å². The van der Waals surface area contributed by atoms with Crippen LogP contribution in [0.2, 0.25) is 0 Å². The average molecular weight is 348 g/mol. The van der Waals surface area contributed by atoms with E-state index in [0.717, 1.165) is 5.56 Å². The predicted molar refractivity (Wildman–Crippen MR) is 99.1 cm³/mol. The van der Waals surface area contributed by atoms with Crippen LogP contribution >= 0.6 is 0 Å². The van der Waals surface area contributed by atoms with Gasteiger partial charge in [-0.2, -0.15) is 0 Å². The van der Waals surface area contributed by atoms with Crippen molar-refractivity contribution >= 4 is 11.6 Å². The molecule has 0 atom stereocenters. The Kier molecular flexibility index (Phi) is 11.7. The standard InChI is InChI=1S/C17H22N2O4.C2H6/c1-4-5-10-23-12-15-7-6-14(11-16(15)19(21)22)8-9-18-17(20)13(2)3;1-2/h6-7,11,13H,8-10,12H2,1-3H3,(H,18,20);1-2H3. The van der Waals surface area contributed by atoms with E-state index in [4.69, 9.17) is 4.74 Å². The molecule has 0 aromatic heterocycles. The van der Waals surface area contributed by atoms with Gasteiger partial charge in [0.25, 0.3) is 5.69 Å². The quantitative estimate of drug-likeness (QED) is 0.337. The highest BCUT2D eigenvalue weighted by atomic mass is 16.6. The molecule has 138 valence electrons. The third kappa shape index (κ3) is 8.87. The van der Waals surface area contributed by atoms with Gasteiger partial charge in [-0.15, -0.1) is 5.92 Å². The second kappa shape index (κ2) is 13.0. The summed E-state index contributed by atoms with van der Waals surface area (Å²) in [6.07, 6.45) is 0.543. The van der Waals surface area contributed by atoms with Crippen LogP contribution in [0.1, 0.15) is 45.7 Å². The summed E-state index contributed by atoms with van der Waals surface area (Å²) in [5.74, 6) is 5.34. The number of hydrogen-bond acceptors (Lipinski definition) is 4. The number of hydrogen-bond donors (Lipinski definition) is 1. The maximum atomic E-state index is 11.5.